The van der Waals surface area contributed by atoms with Crippen molar-refractivity contribution < 1.29 is 84.5 Å². The van der Waals surface area contributed by atoms with Crippen molar-refractivity contribution in [1.82, 2.24) is 5.32 Å². The largest absolute Gasteiger partial charge is 0.460 e. The van der Waals surface area contributed by atoms with Gasteiger partial charge in [0.1, 0.15) is 0 Å². The number of rotatable bonds is 10. The van der Waals surface area contributed by atoms with Gasteiger partial charge < -0.3 is 10.4 Å². The predicted octanol–water partition coefficient (Wildman–Crippen LogP) is 4.88. The lowest BCUT2D eigenvalue weighted by Crippen LogP contribution is -2.75. The number of nitrogens with one attached hydrogen (secondary N) is 1. The van der Waals surface area contributed by atoms with Crippen molar-refractivity contribution in [3.63, 3.8) is 0 Å². The van der Waals surface area contributed by atoms with Crippen molar-refractivity contribution in [3.05, 3.63) is 0 Å². The molecule has 0 aromatic rings. The van der Waals surface area contributed by atoms with Gasteiger partial charge >= 0.3 is 47.6 Å². The maximum Gasteiger partial charge on any atom is 0.460 e. The Hall–Kier alpha value is -1.76. The lowest BCUT2D eigenvalue weighted by Gasteiger charge is -2.42. The molecule has 33 heavy (non-hydrogen) atoms. The number of amides is 1. The Morgan fingerprint density at radius 3 is 1.21 bits per heavy atom. The van der Waals surface area contributed by atoms with Gasteiger partial charge in [0.05, 0.1) is 12.6 Å². The summed E-state index contributed by atoms with van der Waals surface area (Å²) in [6.45, 7) is -0.406. The van der Waals surface area contributed by atoms with Crippen LogP contribution in [0.5, 0.6) is 0 Å². The standard InChI is InChI=1S/C13H10F17NO2/c1-2-4(3-32)31-5(33)6(14,15)7(16,17)8(18,19)9(20,21)10(22,23)11(24,25)12(26,27)13(28,29)30/h4,32H,2-3H2,1H3,(H,31,33)/t4-/m1/s1. The van der Waals surface area contributed by atoms with Crippen LogP contribution in [0.1, 0.15) is 13.3 Å². The summed E-state index contributed by atoms with van der Waals surface area (Å²) in [7, 11) is 0. The average Bonchev–Trinajstić information content (AvgIpc) is 2.63. The average molecular weight is 535 g/mol. The van der Waals surface area contributed by atoms with Crippen molar-refractivity contribution in [3.8, 4) is 0 Å². The molecule has 0 saturated carbocycles. The fraction of sp³-hybridized carbons (Fsp3) is 0.923. The number of carbonyl (C=O) groups is 1. The van der Waals surface area contributed by atoms with Crippen molar-refractivity contribution in [2.75, 3.05) is 6.61 Å². The topological polar surface area (TPSA) is 49.3 Å². The molecule has 1 amide bonds. The Labute approximate surface area is 170 Å². The first-order valence-electron chi connectivity index (χ1n) is 7.80. The van der Waals surface area contributed by atoms with Crippen molar-refractivity contribution in [2.24, 2.45) is 0 Å². The zero-order chi connectivity index (χ0) is 27.3. The minimum absolute atomic E-state index is 0.604. The van der Waals surface area contributed by atoms with Crippen LogP contribution in [0.4, 0.5) is 74.6 Å². The summed E-state index contributed by atoms with van der Waals surface area (Å²) in [5.74, 6) is -61.8. The molecule has 0 rings (SSSR count). The third kappa shape index (κ3) is 4.26. The van der Waals surface area contributed by atoms with Crippen LogP contribution < -0.4 is 5.32 Å². The van der Waals surface area contributed by atoms with Crippen LogP contribution in [-0.2, 0) is 4.79 Å². The predicted molar refractivity (Wildman–Crippen MR) is 70.0 cm³/mol. The van der Waals surface area contributed by atoms with Gasteiger partial charge in [0.2, 0.25) is 0 Å². The van der Waals surface area contributed by atoms with Crippen LogP contribution in [0.2, 0.25) is 0 Å². The zero-order valence-corrected chi connectivity index (χ0v) is 15.3. The van der Waals surface area contributed by atoms with E-state index >= 15 is 0 Å². The van der Waals surface area contributed by atoms with Crippen LogP contribution in [0.15, 0.2) is 0 Å². The van der Waals surface area contributed by atoms with E-state index in [9.17, 15) is 79.4 Å². The minimum atomic E-state index is -8.75. The quantitative estimate of drug-likeness (QED) is 0.392. The molecule has 0 unspecified atom stereocenters. The van der Waals surface area contributed by atoms with Crippen LogP contribution in [0.3, 0.4) is 0 Å². The second-order valence-electron chi connectivity index (χ2n) is 6.28. The minimum Gasteiger partial charge on any atom is -0.394 e. The molecule has 2 N–H and O–H groups in total. The Bertz CT molecular complexity index is 710. The third-order valence-corrected chi connectivity index (χ3v) is 4.06. The lowest BCUT2D eigenvalue weighted by atomic mass is 9.88. The zero-order valence-electron chi connectivity index (χ0n) is 15.3. The van der Waals surface area contributed by atoms with E-state index < -0.39 is 72.6 Å². The molecule has 20 heteroatoms. The third-order valence-electron chi connectivity index (χ3n) is 4.06. The maximum atomic E-state index is 13.5. The van der Waals surface area contributed by atoms with Crippen molar-refractivity contribution >= 4 is 5.91 Å². The summed E-state index contributed by atoms with van der Waals surface area (Å²) in [5.41, 5.74) is 0. The molecule has 0 heterocycles. The summed E-state index contributed by atoms with van der Waals surface area (Å²) < 4.78 is 222. The number of alkyl halides is 17. The van der Waals surface area contributed by atoms with Crippen molar-refractivity contribution in [2.45, 2.75) is 67.0 Å². The van der Waals surface area contributed by atoms with Gasteiger partial charge in [-0.3, -0.25) is 4.79 Å². The Balaban J connectivity index is 6.67. The van der Waals surface area contributed by atoms with Crippen LogP contribution >= 0.6 is 0 Å². The van der Waals surface area contributed by atoms with E-state index in [4.69, 9.17) is 5.11 Å². The Morgan fingerprint density at radius 2 is 0.939 bits per heavy atom. The number of carbonyl (C=O) groups excluding carboxylic acids is 1. The second-order valence-corrected chi connectivity index (χ2v) is 6.28. The normalized spacial score (nSPS) is 16.6. The molecule has 0 aliphatic carbocycles. The highest BCUT2D eigenvalue weighted by atomic mass is 19.4. The fourth-order valence-electron chi connectivity index (χ4n) is 1.86. The molecule has 1 atom stereocenters. The monoisotopic (exact) mass is 535 g/mol. The van der Waals surface area contributed by atoms with Crippen LogP contribution in [0.25, 0.3) is 0 Å². The van der Waals surface area contributed by atoms with Gasteiger partial charge in [-0.2, -0.15) is 74.6 Å². The summed E-state index contributed by atoms with van der Waals surface area (Å²) in [6, 6.07) is -1.94. The molecule has 0 saturated heterocycles. The molecule has 0 aliphatic heterocycles. The van der Waals surface area contributed by atoms with E-state index in [0.717, 1.165) is 6.92 Å². The molecular weight excluding hydrogens is 525 g/mol. The van der Waals surface area contributed by atoms with E-state index in [2.05, 4.69) is 0 Å². The first kappa shape index (κ1) is 31.2. The van der Waals surface area contributed by atoms with Crippen LogP contribution in [-0.4, -0.2) is 71.3 Å². The molecule has 0 aliphatic rings. The first-order chi connectivity index (χ1) is 14.2. The SMILES string of the molecule is CC[C@H](CO)NC(=O)C(F)(F)C(F)(F)C(F)(F)C(F)(F)C(F)(F)C(F)(F)C(F)(F)C(F)(F)F. The number of hydrogen-bond donors (Lipinski definition) is 2. The van der Waals surface area contributed by atoms with Gasteiger partial charge in [0, 0.05) is 0 Å². The van der Waals surface area contributed by atoms with Gasteiger partial charge in [-0.1, -0.05) is 6.92 Å². The first-order valence-corrected chi connectivity index (χ1v) is 7.80. The van der Waals surface area contributed by atoms with Gasteiger partial charge in [-0.05, 0) is 6.42 Å². The number of aliphatic hydroxyl groups is 1. The van der Waals surface area contributed by atoms with E-state index in [1.807, 2.05) is 0 Å². The lowest BCUT2D eigenvalue weighted by molar-refractivity contribution is -0.459. The smallest absolute Gasteiger partial charge is 0.394 e. The molecule has 0 aromatic carbocycles. The number of halogens is 17. The number of hydrogen-bond acceptors (Lipinski definition) is 2. The molecule has 198 valence electrons. The molecular formula is C13H10F17NO2. The van der Waals surface area contributed by atoms with Gasteiger partial charge in [0.15, 0.2) is 0 Å². The highest BCUT2D eigenvalue weighted by Gasteiger charge is 2.95. The van der Waals surface area contributed by atoms with E-state index in [-0.39, 0.29) is 0 Å². The fourth-order valence-corrected chi connectivity index (χ4v) is 1.86. The molecule has 3 nitrogen and oxygen atoms in total. The molecule has 0 aromatic heterocycles. The molecule has 0 bridgehead atoms. The van der Waals surface area contributed by atoms with Crippen molar-refractivity contribution in [1.29, 1.82) is 0 Å². The van der Waals surface area contributed by atoms with E-state index in [1.54, 1.807) is 0 Å². The molecule has 0 fully saturated rings. The second kappa shape index (κ2) is 8.47. The maximum absolute atomic E-state index is 13.5. The summed E-state index contributed by atoms with van der Waals surface area (Å²) in [6.07, 6.45) is -8.44. The number of aliphatic hydroxyl groups excluding tert-OH is 1. The van der Waals surface area contributed by atoms with Gasteiger partial charge in [-0.25, -0.2) is 0 Å². The summed E-state index contributed by atoms with van der Waals surface area (Å²) >= 11 is 0. The molecule has 0 spiro atoms. The summed E-state index contributed by atoms with van der Waals surface area (Å²) in [5, 5.41) is 9.31. The summed E-state index contributed by atoms with van der Waals surface area (Å²) in [4.78, 5) is 11.1. The highest BCUT2D eigenvalue weighted by molar-refractivity contribution is 5.85. The Kier molecular flexibility index (Phi) is 8.02. The van der Waals surface area contributed by atoms with E-state index in [1.165, 1.54) is 0 Å². The van der Waals surface area contributed by atoms with E-state index in [0.29, 0.717) is 5.32 Å². The van der Waals surface area contributed by atoms with Gasteiger partial charge in [0.25, 0.3) is 5.91 Å². The Morgan fingerprint density at radius 1 is 0.636 bits per heavy atom. The van der Waals surface area contributed by atoms with Crippen LogP contribution in [0, 0.1) is 0 Å². The molecule has 0 radical (unpaired) electrons. The van der Waals surface area contributed by atoms with Gasteiger partial charge in [-0.15, -0.1) is 0 Å². The highest BCUT2D eigenvalue weighted by Crippen LogP contribution is 2.63.